The topological polar surface area (TPSA) is 0 Å². The van der Waals surface area contributed by atoms with Crippen molar-refractivity contribution < 1.29 is 18.9 Å². The van der Waals surface area contributed by atoms with Crippen molar-refractivity contribution in [1.82, 2.24) is 0 Å². The second-order valence-electron chi connectivity index (χ2n) is 2.76. The van der Waals surface area contributed by atoms with Crippen LogP contribution in [0.3, 0.4) is 0 Å². The van der Waals surface area contributed by atoms with Crippen molar-refractivity contribution >= 4 is 0 Å². The molecular formula is C9H13Li. The standard InChI is InChI=1S/C9H13.Li/c1-6-5-7(2)9(4)8(6)3;/h5H,1-4H3;/q-1;+1. The quantitative estimate of drug-likeness (QED) is 0.331. The molecule has 0 fully saturated rings. The van der Waals surface area contributed by atoms with Gasteiger partial charge in [-0.15, -0.1) is 0 Å². The Balaban J connectivity index is 0.000000810. The number of aryl methyl sites for hydroxylation is 2. The summed E-state index contributed by atoms with van der Waals surface area (Å²) in [4.78, 5) is 0. The molecule has 0 amide bonds. The molecule has 0 N–H and O–H groups in total. The van der Waals surface area contributed by atoms with E-state index in [9.17, 15) is 0 Å². The molecule has 1 heteroatoms. The summed E-state index contributed by atoms with van der Waals surface area (Å²) in [6.07, 6.45) is 0. The molecule has 0 aliphatic heterocycles. The van der Waals surface area contributed by atoms with Gasteiger partial charge in [-0.2, -0.15) is 28.3 Å². The first-order valence-electron chi connectivity index (χ1n) is 3.33. The molecule has 0 spiro atoms. The van der Waals surface area contributed by atoms with Crippen LogP contribution in [0.1, 0.15) is 22.3 Å². The summed E-state index contributed by atoms with van der Waals surface area (Å²) in [6, 6.07) is 2.24. The van der Waals surface area contributed by atoms with E-state index >= 15 is 0 Å². The maximum Gasteiger partial charge on any atom is 1.00 e. The SMILES string of the molecule is Cc1[cH-]c(C)c(C)c1C.[Li+]. The zero-order valence-electron chi connectivity index (χ0n) is 7.58. The van der Waals surface area contributed by atoms with Crippen LogP contribution in [-0.2, 0) is 0 Å². The first-order chi connectivity index (χ1) is 4.13. The summed E-state index contributed by atoms with van der Waals surface area (Å²) >= 11 is 0. The molecule has 0 aliphatic rings. The van der Waals surface area contributed by atoms with Crippen LogP contribution in [0.4, 0.5) is 0 Å². The molecule has 1 aromatic rings. The molecule has 1 rings (SSSR count). The Morgan fingerprint density at radius 1 is 0.800 bits per heavy atom. The van der Waals surface area contributed by atoms with Crippen molar-refractivity contribution in [2.24, 2.45) is 0 Å². The van der Waals surface area contributed by atoms with Gasteiger partial charge in [0.15, 0.2) is 0 Å². The minimum Gasteiger partial charge on any atom is -0.196 e. The summed E-state index contributed by atoms with van der Waals surface area (Å²) in [5.41, 5.74) is 5.75. The molecule has 0 aliphatic carbocycles. The van der Waals surface area contributed by atoms with Gasteiger partial charge in [-0.05, 0) is 0 Å². The van der Waals surface area contributed by atoms with E-state index in [0.717, 1.165) is 0 Å². The Morgan fingerprint density at radius 2 is 1.10 bits per heavy atom. The molecule has 0 heterocycles. The van der Waals surface area contributed by atoms with Crippen molar-refractivity contribution in [3.05, 3.63) is 28.3 Å². The Labute approximate surface area is 75.2 Å². The zero-order chi connectivity index (χ0) is 7.02. The van der Waals surface area contributed by atoms with E-state index < -0.39 is 0 Å². The zero-order valence-corrected chi connectivity index (χ0v) is 7.58. The average Bonchev–Trinajstić information content (AvgIpc) is 1.98. The normalized spacial score (nSPS) is 9.20. The first-order valence-corrected chi connectivity index (χ1v) is 3.33. The Hall–Kier alpha value is -0.0526. The van der Waals surface area contributed by atoms with E-state index in [2.05, 4.69) is 33.8 Å². The van der Waals surface area contributed by atoms with E-state index in [1.54, 1.807) is 0 Å². The maximum atomic E-state index is 2.24. The average molecular weight is 128 g/mol. The molecule has 1 aromatic carbocycles. The van der Waals surface area contributed by atoms with Crippen LogP contribution in [0.15, 0.2) is 6.07 Å². The molecule has 50 valence electrons. The number of rotatable bonds is 0. The van der Waals surface area contributed by atoms with Gasteiger partial charge in [-0.1, -0.05) is 27.7 Å². The summed E-state index contributed by atoms with van der Waals surface area (Å²) in [6.45, 7) is 8.68. The van der Waals surface area contributed by atoms with Crippen molar-refractivity contribution in [3.8, 4) is 0 Å². The van der Waals surface area contributed by atoms with Gasteiger partial charge in [0.25, 0.3) is 0 Å². The second kappa shape index (κ2) is 3.37. The van der Waals surface area contributed by atoms with Crippen LogP contribution in [0.2, 0.25) is 0 Å². The molecule has 0 unspecified atom stereocenters. The fraction of sp³-hybridized carbons (Fsp3) is 0.444. The number of hydrogen-bond acceptors (Lipinski definition) is 0. The van der Waals surface area contributed by atoms with Crippen molar-refractivity contribution in [3.63, 3.8) is 0 Å². The van der Waals surface area contributed by atoms with E-state index in [-0.39, 0.29) is 18.9 Å². The van der Waals surface area contributed by atoms with Crippen LogP contribution in [0.5, 0.6) is 0 Å². The van der Waals surface area contributed by atoms with Gasteiger partial charge in [0.1, 0.15) is 0 Å². The summed E-state index contributed by atoms with van der Waals surface area (Å²) < 4.78 is 0. The Morgan fingerprint density at radius 3 is 1.20 bits per heavy atom. The molecule has 0 radical (unpaired) electrons. The van der Waals surface area contributed by atoms with Gasteiger partial charge in [0.05, 0.1) is 0 Å². The third-order valence-corrected chi connectivity index (χ3v) is 2.18. The van der Waals surface area contributed by atoms with Crippen LogP contribution >= 0.6 is 0 Å². The minimum absolute atomic E-state index is 0. The summed E-state index contributed by atoms with van der Waals surface area (Å²) in [5, 5.41) is 0. The Kier molecular flexibility index (Phi) is 3.35. The fourth-order valence-electron chi connectivity index (χ4n) is 1.13. The number of hydrogen-bond donors (Lipinski definition) is 0. The van der Waals surface area contributed by atoms with Gasteiger partial charge in [0, 0.05) is 0 Å². The summed E-state index contributed by atoms with van der Waals surface area (Å²) in [7, 11) is 0. The van der Waals surface area contributed by atoms with E-state index in [1.807, 2.05) is 0 Å². The van der Waals surface area contributed by atoms with Crippen LogP contribution < -0.4 is 18.9 Å². The first kappa shape index (κ1) is 9.95. The van der Waals surface area contributed by atoms with Gasteiger partial charge < -0.3 is 0 Å². The molecular weight excluding hydrogens is 115 g/mol. The molecule has 0 bridgehead atoms. The molecule has 0 atom stereocenters. The molecule has 0 saturated carbocycles. The van der Waals surface area contributed by atoms with E-state index in [0.29, 0.717) is 0 Å². The van der Waals surface area contributed by atoms with Crippen LogP contribution in [-0.4, -0.2) is 0 Å². The van der Waals surface area contributed by atoms with E-state index in [1.165, 1.54) is 22.3 Å². The smallest absolute Gasteiger partial charge is 0.196 e. The molecule has 0 saturated heterocycles. The third kappa shape index (κ3) is 1.51. The predicted octanol–water partition coefficient (Wildman–Crippen LogP) is -0.357. The monoisotopic (exact) mass is 128 g/mol. The van der Waals surface area contributed by atoms with Crippen molar-refractivity contribution in [2.45, 2.75) is 27.7 Å². The molecule has 10 heavy (non-hydrogen) atoms. The third-order valence-electron chi connectivity index (χ3n) is 2.18. The minimum atomic E-state index is 0. The van der Waals surface area contributed by atoms with Gasteiger partial charge in [0.2, 0.25) is 0 Å². The van der Waals surface area contributed by atoms with Crippen molar-refractivity contribution in [1.29, 1.82) is 0 Å². The van der Waals surface area contributed by atoms with Gasteiger partial charge in [-0.25, -0.2) is 0 Å². The molecule has 0 aromatic heterocycles. The second-order valence-corrected chi connectivity index (χ2v) is 2.76. The molecule has 0 nitrogen and oxygen atoms in total. The maximum absolute atomic E-state index is 2.24. The van der Waals surface area contributed by atoms with Gasteiger partial charge >= 0.3 is 18.9 Å². The largest absolute Gasteiger partial charge is 1.00 e. The van der Waals surface area contributed by atoms with Crippen LogP contribution in [0, 0.1) is 27.7 Å². The van der Waals surface area contributed by atoms with Gasteiger partial charge in [-0.3, -0.25) is 0 Å². The Bertz CT molecular complexity index is 198. The van der Waals surface area contributed by atoms with Crippen molar-refractivity contribution in [2.75, 3.05) is 0 Å². The fourth-order valence-corrected chi connectivity index (χ4v) is 1.13. The predicted molar refractivity (Wildman–Crippen MR) is 41.0 cm³/mol. The van der Waals surface area contributed by atoms with E-state index in [4.69, 9.17) is 0 Å². The van der Waals surface area contributed by atoms with Crippen LogP contribution in [0.25, 0.3) is 0 Å². The summed E-state index contributed by atoms with van der Waals surface area (Å²) in [5.74, 6) is 0.